The van der Waals surface area contributed by atoms with Crippen LogP contribution < -0.4 is 11.3 Å². The Morgan fingerprint density at radius 3 is 2.72 bits per heavy atom. The molecule has 0 atom stereocenters. The molecule has 0 amide bonds. The molecule has 8 heteroatoms. The van der Waals surface area contributed by atoms with Crippen molar-refractivity contribution < 1.29 is 0 Å². The van der Waals surface area contributed by atoms with Crippen LogP contribution in [0.5, 0.6) is 0 Å². The zero-order valence-electron chi connectivity index (χ0n) is 10.5. The quantitative estimate of drug-likeness (QED) is 0.486. The number of hydrazine groups is 1. The zero-order chi connectivity index (χ0) is 13.1. The van der Waals surface area contributed by atoms with Gasteiger partial charge in [-0.05, 0) is 11.8 Å². The Kier molecular flexibility index (Phi) is 3.78. The highest BCUT2D eigenvalue weighted by molar-refractivity contribution is 7.99. The van der Waals surface area contributed by atoms with Crippen LogP contribution in [0.15, 0.2) is 22.6 Å². The minimum absolute atomic E-state index is 0.233. The Hall–Kier alpha value is -1.67. The molecule has 0 fully saturated rings. The molecule has 96 valence electrons. The lowest BCUT2D eigenvalue weighted by Crippen LogP contribution is -2.11. The molecular formula is C10H15N7S. The van der Waals surface area contributed by atoms with Crippen molar-refractivity contribution in [2.75, 3.05) is 5.43 Å². The van der Waals surface area contributed by atoms with E-state index in [-0.39, 0.29) is 5.92 Å². The van der Waals surface area contributed by atoms with Gasteiger partial charge in [0.15, 0.2) is 5.16 Å². The largest absolute Gasteiger partial charge is 0.308 e. The van der Waals surface area contributed by atoms with Gasteiger partial charge in [0.1, 0.15) is 23.0 Å². The Balaban J connectivity index is 2.32. The van der Waals surface area contributed by atoms with Crippen molar-refractivity contribution in [3.63, 3.8) is 0 Å². The first-order valence-electron chi connectivity index (χ1n) is 5.47. The summed E-state index contributed by atoms with van der Waals surface area (Å²) in [7, 11) is 1.84. The van der Waals surface area contributed by atoms with Gasteiger partial charge in [-0.2, -0.15) is 5.10 Å². The number of nitrogens with one attached hydrogen (secondary N) is 1. The number of nitrogen functional groups attached to an aromatic ring is 1. The smallest absolute Gasteiger partial charge is 0.192 e. The van der Waals surface area contributed by atoms with Gasteiger partial charge in [-0.3, -0.25) is 0 Å². The van der Waals surface area contributed by atoms with Crippen molar-refractivity contribution in [1.29, 1.82) is 0 Å². The molecule has 0 unspecified atom stereocenters. The molecule has 0 radical (unpaired) electrons. The fraction of sp³-hybridized carbons (Fsp3) is 0.400. The fourth-order valence-electron chi connectivity index (χ4n) is 1.30. The molecule has 2 aromatic rings. The molecular weight excluding hydrogens is 250 g/mol. The standard InChI is InChI=1S/C10H15N7S/c1-6(2)9-14-7(16-11)4-8(15-9)18-10-12-5-13-17(10)3/h4-6H,11H2,1-3H3,(H,14,15,16). The number of hydrogen-bond acceptors (Lipinski definition) is 7. The summed E-state index contributed by atoms with van der Waals surface area (Å²) in [6, 6.07) is 1.78. The van der Waals surface area contributed by atoms with E-state index in [9.17, 15) is 0 Å². The second-order valence-corrected chi connectivity index (χ2v) is 5.00. The molecule has 2 rings (SSSR count). The molecule has 0 bridgehead atoms. The van der Waals surface area contributed by atoms with Crippen molar-refractivity contribution in [3.05, 3.63) is 18.2 Å². The van der Waals surface area contributed by atoms with Crippen LogP contribution in [0, 0.1) is 0 Å². The Morgan fingerprint density at radius 1 is 1.39 bits per heavy atom. The zero-order valence-corrected chi connectivity index (χ0v) is 11.3. The van der Waals surface area contributed by atoms with E-state index in [0.29, 0.717) is 5.82 Å². The Labute approximate surface area is 109 Å². The number of rotatable bonds is 4. The maximum Gasteiger partial charge on any atom is 0.192 e. The van der Waals surface area contributed by atoms with Crippen molar-refractivity contribution in [2.24, 2.45) is 12.9 Å². The SMILES string of the molecule is CC(C)c1nc(NN)cc(Sc2ncnn2C)n1. The molecule has 0 saturated carbocycles. The molecule has 0 aliphatic heterocycles. The molecule has 0 aliphatic carbocycles. The fourth-order valence-corrected chi connectivity index (χ4v) is 2.07. The van der Waals surface area contributed by atoms with E-state index in [1.165, 1.54) is 18.1 Å². The Morgan fingerprint density at radius 2 is 2.17 bits per heavy atom. The van der Waals surface area contributed by atoms with Gasteiger partial charge in [0.2, 0.25) is 0 Å². The molecule has 7 nitrogen and oxygen atoms in total. The lowest BCUT2D eigenvalue weighted by molar-refractivity contribution is 0.683. The van der Waals surface area contributed by atoms with Gasteiger partial charge in [-0.25, -0.2) is 25.5 Å². The molecule has 18 heavy (non-hydrogen) atoms. The number of hydrogen-bond donors (Lipinski definition) is 2. The molecule has 2 heterocycles. The highest BCUT2D eigenvalue weighted by atomic mass is 32.2. The number of nitrogens with two attached hydrogens (primary N) is 1. The summed E-state index contributed by atoms with van der Waals surface area (Å²) < 4.78 is 1.69. The number of anilines is 1. The van der Waals surface area contributed by atoms with Crippen LogP contribution in [-0.4, -0.2) is 24.7 Å². The van der Waals surface area contributed by atoms with E-state index in [1.807, 2.05) is 20.9 Å². The average molecular weight is 265 g/mol. The highest BCUT2D eigenvalue weighted by Gasteiger charge is 2.10. The van der Waals surface area contributed by atoms with E-state index in [2.05, 4.69) is 25.5 Å². The topological polar surface area (TPSA) is 94.5 Å². The van der Waals surface area contributed by atoms with Crippen LogP contribution in [0.25, 0.3) is 0 Å². The van der Waals surface area contributed by atoms with E-state index in [1.54, 1.807) is 10.7 Å². The summed E-state index contributed by atoms with van der Waals surface area (Å²) >= 11 is 1.42. The van der Waals surface area contributed by atoms with Crippen LogP contribution >= 0.6 is 11.8 Å². The third-order valence-electron chi connectivity index (χ3n) is 2.25. The van der Waals surface area contributed by atoms with Gasteiger partial charge >= 0.3 is 0 Å². The van der Waals surface area contributed by atoms with Gasteiger partial charge in [0.05, 0.1) is 0 Å². The van der Waals surface area contributed by atoms with E-state index < -0.39 is 0 Å². The number of aryl methyl sites for hydroxylation is 1. The lowest BCUT2D eigenvalue weighted by Gasteiger charge is -2.08. The minimum atomic E-state index is 0.233. The maximum absolute atomic E-state index is 5.41. The van der Waals surface area contributed by atoms with Gasteiger partial charge in [0.25, 0.3) is 0 Å². The summed E-state index contributed by atoms with van der Waals surface area (Å²) in [4.78, 5) is 12.9. The predicted octanol–water partition coefficient (Wildman–Crippen LogP) is 1.17. The second kappa shape index (κ2) is 5.32. The number of aromatic nitrogens is 5. The Bertz CT molecular complexity index is 537. The normalized spacial score (nSPS) is 10.9. The summed E-state index contributed by atoms with van der Waals surface area (Å²) in [6.45, 7) is 4.07. The maximum atomic E-state index is 5.41. The molecule has 0 saturated heterocycles. The summed E-state index contributed by atoms with van der Waals surface area (Å²) in [6.07, 6.45) is 1.51. The van der Waals surface area contributed by atoms with Crippen LogP contribution in [-0.2, 0) is 7.05 Å². The predicted molar refractivity (Wildman–Crippen MR) is 69.1 cm³/mol. The van der Waals surface area contributed by atoms with Crippen molar-refractivity contribution in [3.8, 4) is 0 Å². The minimum Gasteiger partial charge on any atom is -0.308 e. The molecule has 2 aromatic heterocycles. The van der Waals surface area contributed by atoms with Crippen LogP contribution in [0.1, 0.15) is 25.6 Å². The summed E-state index contributed by atoms with van der Waals surface area (Å²) in [5.74, 6) is 6.98. The van der Waals surface area contributed by atoms with Crippen molar-refractivity contribution in [2.45, 2.75) is 29.9 Å². The summed E-state index contributed by atoms with van der Waals surface area (Å²) in [5.41, 5.74) is 2.55. The van der Waals surface area contributed by atoms with Crippen molar-refractivity contribution >= 4 is 17.6 Å². The van der Waals surface area contributed by atoms with Gasteiger partial charge in [-0.1, -0.05) is 13.8 Å². The molecule has 0 aromatic carbocycles. The third-order valence-corrected chi connectivity index (χ3v) is 3.22. The van der Waals surface area contributed by atoms with Gasteiger partial charge < -0.3 is 5.43 Å². The first-order chi connectivity index (χ1) is 8.60. The van der Waals surface area contributed by atoms with Crippen LogP contribution in [0.3, 0.4) is 0 Å². The van der Waals surface area contributed by atoms with Crippen LogP contribution in [0.4, 0.5) is 5.82 Å². The molecule has 3 N–H and O–H groups in total. The van der Waals surface area contributed by atoms with E-state index >= 15 is 0 Å². The monoisotopic (exact) mass is 265 g/mol. The lowest BCUT2D eigenvalue weighted by atomic mass is 10.2. The van der Waals surface area contributed by atoms with E-state index in [4.69, 9.17) is 5.84 Å². The third kappa shape index (κ3) is 2.77. The second-order valence-electron chi connectivity index (χ2n) is 4.02. The van der Waals surface area contributed by atoms with Crippen LogP contribution in [0.2, 0.25) is 0 Å². The molecule has 0 spiro atoms. The molecule has 0 aliphatic rings. The first kappa shape index (κ1) is 12.8. The highest BCUT2D eigenvalue weighted by Crippen LogP contribution is 2.26. The number of nitrogens with zero attached hydrogens (tertiary/aromatic N) is 5. The van der Waals surface area contributed by atoms with Gasteiger partial charge in [0, 0.05) is 19.0 Å². The van der Waals surface area contributed by atoms with Crippen molar-refractivity contribution in [1.82, 2.24) is 24.7 Å². The van der Waals surface area contributed by atoms with E-state index in [0.717, 1.165) is 16.0 Å². The first-order valence-corrected chi connectivity index (χ1v) is 6.29. The van der Waals surface area contributed by atoms with Gasteiger partial charge in [-0.15, -0.1) is 0 Å². The summed E-state index contributed by atoms with van der Waals surface area (Å²) in [5, 5.41) is 5.57. The average Bonchev–Trinajstić information content (AvgIpc) is 2.74.